The number of nitrogens with zero attached hydrogens (tertiary/aromatic N) is 1. The summed E-state index contributed by atoms with van der Waals surface area (Å²) in [6.07, 6.45) is 2.62. The van der Waals surface area contributed by atoms with Gasteiger partial charge in [-0.15, -0.1) is 0 Å². The third-order valence-electron chi connectivity index (χ3n) is 4.03. The largest absolute Gasteiger partial charge is 0.370 e. The van der Waals surface area contributed by atoms with E-state index < -0.39 is 6.04 Å². The molecule has 0 unspecified atom stereocenters. The second-order valence-corrected chi connectivity index (χ2v) is 5.74. The van der Waals surface area contributed by atoms with Crippen LogP contribution in [0.25, 0.3) is 0 Å². The van der Waals surface area contributed by atoms with E-state index in [1.54, 1.807) is 0 Å². The van der Waals surface area contributed by atoms with E-state index in [-0.39, 0.29) is 11.8 Å². The molecular formula is C16H23N3O2. The summed E-state index contributed by atoms with van der Waals surface area (Å²) < 4.78 is 0. The van der Waals surface area contributed by atoms with Crippen molar-refractivity contribution in [2.24, 2.45) is 17.4 Å². The van der Waals surface area contributed by atoms with E-state index >= 15 is 0 Å². The molecular weight excluding hydrogens is 266 g/mol. The fourth-order valence-electron chi connectivity index (χ4n) is 2.83. The number of rotatable bonds is 5. The first-order valence-electron chi connectivity index (χ1n) is 7.43. The van der Waals surface area contributed by atoms with Gasteiger partial charge in [0.15, 0.2) is 0 Å². The Hall–Kier alpha value is -1.88. The molecule has 1 heterocycles. The number of amides is 2. The lowest BCUT2D eigenvalue weighted by atomic mass is 9.92. The number of carbonyl (C=O) groups excluding carboxylic acids is 2. The number of carbonyl (C=O) groups is 2. The molecule has 1 fully saturated rings. The minimum Gasteiger partial charge on any atom is -0.370 e. The minimum atomic E-state index is -0.500. The van der Waals surface area contributed by atoms with E-state index in [2.05, 4.69) is 0 Å². The van der Waals surface area contributed by atoms with Gasteiger partial charge in [-0.2, -0.15) is 0 Å². The molecule has 1 aliphatic heterocycles. The summed E-state index contributed by atoms with van der Waals surface area (Å²) in [4.78, 5) is 25.1. The highest BCUT2D eigenvalue weighted by molar-refractivity contribution is 5.82. The highest BCUT2D eigenvalue weighted by Crippen LogP contribution is 2.20. The minimum absolute atomic E-state index is 0.00335. The number of piperidine rings is 1. The summed E-state index contributed by atoms with van der Waals surface area (Å²) in [5, 5.41) is 0. The molecule has 0 aromatic heterocycles. The van der Waals surface area contributed by atoms with Gasteiger partial charge in [0.25, 0.3) is 0 Å². The van der Waals surface area contributed by atoms with Crippen molar-refractivity contribution in [3.05, 3.63) is 35.9 Å². The smallest absolute Gasteiger partial charge is 0.239 e. The van der Waals surface area contributed by atoms with Crippen LogP contribution in [-0.4, -0.2) is 35.8 Å². The molecule has 2 rings (SSSR count). The van der Waals surface area contributed by atoms with Gasteiger partial charge in [0.2, 0.25) is 11.8 Å². The second kappa shape index (κ2) is 7.22. The van der Waals surface area contributed by atoms with E-state index in [9.17, 15) is 9.59 Å². The van der Waals surface area contributed by atoms with Crippen molar-refractivity contribution in [2.45, 2.75) is 31.7 Å². The molecule has 2 amide bonds. The van der Waals surface area contributed by atoms with Crippen molar-refractivity contribution in [1.29, 1.82) is 0 Å². The predicted octanol–water partition coefficient (Wildman–Crippen LogP) is 0.670. The maximum atomic E-state index is 12.3. The van der Waals surface area contributed by atoms with Crippen LogP contribution < -0.4 is 11.5 Å². The third-order valence-corrected chi connectivity index (χ3v) is 4.03. The molecule has 0 saturated carbocycles. The van der Waals surface area contributed by atoms with Gasteiger partial charge in [-0.25, -0.2) is 0 Å². The average Bonchev–Trinajstić information content (AvgIpc) is 2.47. The molecule has 1 atom stereocenters. The molecule has 1 aromatic rings. The molecule has 0 spiro atoms. The standard InChI is InChI=1S/C16H23N3O2/c17-14(10-12-4-2-1-3-5-12)16(21)19-8-6-13(7-9-19)11-15(18)20/h1-5,13-14H,6-11,17H2,(H2,18,20)/t14-/m0/s1. The first-order valence-corrected chi connectivity index (χ1v) is 7.43. The number of primary amides is 1. The molecule has 114 valence electrons. The van der Waals surface area contributed by atoms with Gasteiger partial charge in [0.05, 0.1) is 6.04 Å². The predicted molar refractivity (Wildman–Crippen MR) is 81.2 cm³/mol. The number of nitrogens with two attached hydrogens (primary N) is 2. The Labute approximate surface area is 125 Å². The van der Waals surface area contributed by atoms with Crippen molar-refractivity contribution >= 4 is 11.8 Å². The Morgan fingerprint density at radius 1 is 1.19 bits per heavy atom. The second-order valence-electron chi connectivity index (χ2n) is 5.74. The van der Waals surface area contributed by atoms with E-state index in [1.165, 1.54) is 0 Å². The molecule has 4 N–H and O–H groups in total. The molecule has 0 bridgehead atoms. The lowest BCUT2D eigenvalue weighted by Gasteiger charge is -2.33. The first kappa shape index (κ1) is 15.5. The molecule has 1 aromatic carbocycles. The summed E-state index contributed by atoms with van der Waals surface area (Å²) in [5.74, 6) is 0.0360. The van der Waals surface area contributed by atoms with E-state index in [1.807, 2.05) is 35.2 Å². The Balaban J connectivity index is 1.82. The van der Waals surface area contributed by atoms with Crippen molar-refractivity contribution in [2.75, 3.05) is 13.1 Å². The van der Waals surface area contributed by atoms with Gasteiger partial charge >= 0.3 is 0 Å². The lowest BCUT2D eigenvalue weighted by Crippen LogP contribution is -2.48. The Bertz CT molecular complexity index is 482. The quantitative estimate of drug-likeness (QED) is 0.835. The normalized spacial score (nSPS) is 17.5. The molecule has 1 aliphatic rings. The van der Waals surface area contributed by atoms with Gasteiger partial charge < -0.3 is 16.4 Å². The monoisotopic (exact) mass is 289 g/mol. The highest BCUT2D eigenvalue weighted by atomic mass is 16.2. The van der Waals surface area contributed by atoms with Crippen LogP contribution in [0, 0.1) is 5.92 Å². The summed E-state index contributed by atoms with van der Waals surface area (Å²) in [5.41, 5.74) is 12.3. The van der Waals surface area contributed by atoms with Gasteiger partial charge in [-0.1, -0.05) is 30.3 Å². The number of hydrogen-bond acceptors (Lipinski definition) is 3. The zero-order valence-electron chi connectivity index (χ0n) is 12.2. The fraction of sp³-hybridized carbons (Fsp3) is 0.500. The van der Waals surface area contributed by atoms with Gasteiger partial charge in [-0.05, 0) is 30.7 Å². The van der Waals surface area contributed by atoms with Crippen LogP contribution in [0.5, 0.6) is 0 Å². The number of likely N-dealkylation sites (tertiary alicyclic amines) is 1. The SMILES string of the molecule is NC(=O)CC1CCN(C(=O)[C@@H](N)Cc2ccccc2)CC1. The van der Waals surface area contributed by atoms with E-state index in [0.717, 1.165) is 18.4 Å². The van der Waals surface area contributed by atoms with Crippen LogP contribution in [0.3, 0.4) is 0 Å². The highest BCUT2D eigenvalue weighted by Gasteiger charge is 2.26. The lowest BCUT2D eigenvalue weighted by molar-refractivity contribution is -0.134. The van der Waals surface area contributed by atoms with Gasteiger partial charge in [-0.3, -0.25) is 9.59 Å². The van der Waals surface area contributed by atoms with E-state index in [0.29, 0.717) is 31.8 Å². The van der Waals surface area contributed by atoms with Gasteiger partial charge in [0, 0.05) is 19.5 Å². The van der Waals surface area contributed by atoms with Crippen LogP contribution in [0.15, 0.2) is 30.3 Å². The zero-order valence-corrected chi connectivity index (χ0v) is 12.2. The zero-order chi connectivity index (χ0) is 15.2. The maximum absolute atomic E-state index is 12.3. The Morgan fingerprint density at radius 3 is 2.38 bits per heavy atom. The first-order chi connectivity index (χ1) is 10.1. The number of hydrogen-bond donors (Lipinski definition) is 2. The molecule has 1 saturated heterocycles. The van der Waals surface area contributed by atoms with Crippen LogP contribution in [-0.2, 0) is 16.0 Å². The van der Waals surface area contributed by atoms with Crippen LogP contribution in [0.1, 0.15) is 24.8 Å². The number of benzene rings is 1. The van der Waals surface area contributed by atoms with Crippen molar-refractivity contribution in [1.82, 2.24) is 4.90 Å². The third kappa shape index (κ3) is 4.56. The Morgan fingerprint density at radius 2 is 1.81 bits per heavy atom. The molecule has 5 heteroatoms. The van der Waals surface area contributed by atoms with Crippen LogP contribution in [0.2, 0.25) is 0 Å². The molecule has 21 heavy (non-hydrogen) atoms. The molecule has 5 nitrogen and oxygen atoms in total. The topological polar surface area (TPSA) is 89.4 Å². The average molecular weight is 289 g/mol. The maximum Gasteiger partial charge on any atom is 0.239 e. The summed E-state index contributed by atoms with van der Waals surface area (Å²) in [7, 11) is 0. The Kier molecular flexibility index (Phi) is 5.33. The van der Waals surface area contributed by atoms with Gasteiger partial charge in [0.1, 0.15) is 0 Å². The van der Waals surface area contributed by atoms with Crippen molar-refractivity contribution in [3.63, 3.8) is 0 Å². The van der Waals surface area contributed by atoms with Crippen LogP contribution >= 0.6 is 0 Å². The van der Waals surface area contributed by atoms with Crippen molar-refractivity contribution < 1.29 is 9.59 Å². The van der Waals surface area contributed by atoms with E-state index in [4.69, 9.17) is 11.5 Å². The van der Waals surface area contributed by atoms with Crippen LogP contribution in [0.4, 0.5) is 0 Å². The summed E-state index contributed by atoms with van der Waals surface area (Å²) >= 11 is 0. The summed E-state index contributed by atoms with van der Waals surface area (Å²) in [6.45, 7) is 1.33. The molecule has 0 radical (unpaired) electrons. The van der Waals surface area contributed by atoms with Crippen molar-refractivity contribution in [3.8, 4) is 0 Å². The fourth-order valence-corrected chi connectivity index (χ4v) is 2.83. The summed E-state index contributed by atoms with van der Waals surface area (Å²) in [6, 6.07) is 9.29. The molecule has 0 aliphatic carbocycles.